The topological polar surface area (TPSA) is 59.0 Å². The van der Waals surface area contributed by atoms with Crippen molar-refractivity contribution in [1.82, 2.24) is 4.90 Å². The van der Waals surface area contributed by atoms with Gasteiger partial charge in [0.15, 0.2) is 0 Å². The molecule has 1 aromatic carbocycles. The van der Waals surface area contributed by atoms with Crippen LogP contribution in [0, 0.1) is 5.92 Å². The zero-order chi connectivity index (χ0) is 20.6. The first kappa shape index (κ1) is 19.9. The predicted octanol–water partition coefficient (Wildman–Crippen LogP) is 4.48. The van der Waals surface area contributed by atoms with Crippen LogP contribution in [0.5, 0.6) is 11.5 Å². The molecule has 0 unspecified atom stereocenters. The Morgan fingerprint density at radius 3 is 2.87 bits per heavy atom. The Labute approximate surface area is 181 Å². The third-order valence-corrected chi connectivity index (χ3v) is 7.75. The number of aliphatic carboxylic acids is 1. The lowest BCUT2D eigenvalue weighted by Crippen LogP contribution is -2.44. The first-order valence-corrected chi connectivity index (χ1v) is 11.9. The third kappa shape index (κ3) is 4.35. The molecule has 3 heterocycles. The van der Waals surface area contributed by atoms with Crippen LogP contribution in [0.1, 0.15) is 48.1 Å². The summed E-state index contributed by atoms with van der Waals surface area (Å²) in [7, 11) is 0. The van der Waals surface area contributed by atoms with Gasteiger partial charge in [-0.25, -0.2) is 0 Å². The number of rotatable bonds is 8. The van der Waals surface area contributed by atoms with E-state index in [1.165, 1.54) is 35.3 Å². The van der Waals surface area contributed by atoms with Crippen molar-refractivity contribution in [3.05, 3.63) is 45.6 Å². The monoisotopic (exact) mass is 427 g/mol. The van der Waals surface area contributed by atoms with Gasteiger partial charge in [-0.15, -0.1) is 11.3 Å². The van der Waals surface area contributed by atoms with Crippen LogP contribution in [0.2, 0.25) is 0 Å². The molecular formula is C24H29NO4S. The molecule has 2 aromatic rings. The normalized spacial score (nSPS) is 20.1. The average molecular weight is 428 g/mol. The first-order chi connectivity index (χ1) is 14.6. The summed E-state index contributed by atoms with van der Waals surface area (Å²) in [4.78, 5) is 14.4. The quantitative estimate of drug-likeness (QED) is 0.673. The molecule has 1 spiro atoms. The van der Waals surface area contributed by atoms with Gasteiger partial charge in [0.2, 0.25) is 0 Å². The molecule has 0 radical (unpaired) electrons. The van der Waals surface area contributed by atoms with Crippen molar-refractivity contribution in [2.45, 2.75) is 50.5 Å². The number of thiophene rings is 1. The SMILES string of the molecule is O=C(O)CCN1CCC2(CC1)COc1cc(OCc3cc(CC4CC4)cs3)ccc12. The van der Waals surface area contributed by atoms with E-state index >= 15 is 0 Å². The van der Waals surface area contributed by atoms with Crippen molar-refractivity contribution in [3.63, 3.8) is 0 Å². The highest BCUT2D eigenvalue weighted by Crippen LogP contribution is 2.46. The van der Waals surface area contributed by atoms with Crippen LogP contribution >= 0.6 is 11.3 Å². The van der Waals surface area contributed by atoms with Crippen LogP contribution in [0.25, 0.3) is 0 Å². The molecule has 160 valence electrons. The minimum absolute atomic E-state index is 0.0685. The van der Waals surface area contributed by atoms with Crippen LogP contribution in [-0.2, 0) is 23.2 Å². The highest BCUT2D eigenvalue weighted by atomic mass is 32.1. The Balaban J connectivity index is 1.18. The molecular weight excluding hydrogens is 398 g/mol. The predicted molar refractivity (Wildman–Crippen MR) is 117 cm³/mol. The molecule has 2 fully saturated rings. The van der Waals surface area contributed by atoms with E-state index in [2.05, 4.69) is 28.5 Å². The number of hydrogen-bond donors (Lipinski definition) is 1. The minimum Gasteiger partial charge on any atom is -0.492 e. The molecule has 5 rings (SSSR count). The smallest absolute Gasteiger partial charge is 0.304 e. The molecule has 1 saturated carbocycles. The number of nitrogens with zero attached hydrogens (tertiary/aromatic N) is 1. The Hall–Kier alpha value is -2.05. The summed E-state index contributed by atoms with van der Waals surface area (Å²) in [6.45, 7) is 3.81. The van der Waals surface area contributed by atoms with E-state index in [4.69, 9.17) is 14.6 Å². The second-order valence-electron chi connectivity index (χ2n) is 9.07. The molecule has 1 N–H and O–H groups in total. The third-order valence-electron chi connectivity index (χ3n) is 6.79. The van der Waals surface area contributed by atoms with Gasteiger partial charge in [-0.1, -0.05) is 6.07 Å². The maximum atomic E-state index is 10.8. The van der Waals surface area contributed by atoms with Crippen molar-refractivity contribution in [3.8, 4) is 11.5 Å². The summed E-state index contributed by atoms with van der Waals surface area (Å²) in [5.41, 5.74) is 2.81. The summed E-state index contributed by atoms with van der Waals surface area (Å²) in [6.07, 6.45) is 6.24. The lowest BCUT2D eigenvalue weighted by Gasteiger charge is -2.38. The van der Waals surface area contributed by atoms with E-state index in [9.17, 15) is 4.79 Å². The number of ether oxygens (including phenoxy) is 2. The fourth-order valence-corrected chi connectivity index (χ4v) is 5.55. The molecule has 0 amide bonds. The van der Waals surface area contributed by atoms with E-state index in [1.54, 1.807) is 11.3 Å². The number of benzene rings is 1. The highest BCUT2D eigenvalue weighted by molar-refractivity contribution is 7.10. The largest absolute Gasteiger partial charge is 0.492 e. The Kier molecular flexibility index (Phi) is 5.46. The molecule has 30 heavy (non-hydrogen) atoms. The van der Waals surface area contributed by atoms with Crippen molar-refractivity contribution in [2.75, 3.05) is 26.2 Å². The van der Waals surface area contributed by atoms with Crippen LogP contribution in [0.3, 0.4) is 0 Å². The van der Waals surface area contributed by atoms with Crippen molar-refractivity contribution >= 4 is 17.3 Å². The van der Waals surface area contributed by atoms with E-state index in [1.807, 2.05) is 6.07 Å². The lowest BCUT2D eigenvalue weighted by molar-refractivity contribution is -0.137. The summed E-state index contributed by atoms with van der Waals surface area (Å²) >= 11 is 1.79. The summed E-state index contributed by atoms with van der Waals surface area (Å²) in [5.74, 6) is 2.01. The van der Waals surface area contributed by atoms with Gasteiger partial charge in [0.1, 0.15) is 18.1 Å². The summed E-state index contributed by atoms with van der Waals surface area (Å²) in [5, 5.41) is 11.2. The average Bonchev–Trinajstić information content (AvgIpc) is 3.34. The van der Waals surface area contributed by atoms with E-state index in [0.717, 1.165) is 43.3 Å². The molecule has 1 aliphatic carbocycles. The maximum Gasteiger partial charge on any atom is 0.304 e. The van der Waals surface area contributed by atoms with Gasteiger partial charge in [0.05, 0.1) is 13.0 Å². The molecule has 0 atom stereocenters. The van der Waals surface area contributed by atoms with Crippen LogP contribution in [-0.4, -0.2) is 42.2 Å². The second-order valence-corrected chi connectivity index (χ2v) is 10.1. The molecule has 1 saturated heterocycles. The Morgan fingerprint density at radius 1 is 1.27 bits per heavy atom. The number of carbonyl (C=O) groups is 1. The van der Waals surface area contributed by atoms with Crippen LogP contribution < -0.4 is 9.47 Å². The number of likely N-dealkylation sites (tertiary alicyclic amines) is 1. The van der Waals surface area contributed by atoms with Gasteiger partial charge in [-0.2, -0.15) is 0 Å². The van der Waals surface area contributed by atoms with E-state index in [-0.39, 0.29) is 11.8 Å². The lowest BCUT2D eigenvalue weighted by atomic mass is 9.74. The summed E-state index contributed by atoms with van der Waals surface area (Å²) in [6, 6.07) is 8.59. The maximum absolute atomic E-state index is 10.8. The van der Waals surface area contributed by atoms with Crippen molar-refractivity contribution in [2.24, 2.45) is 5.92 Å². The fraction of sp³-hybridized carbons (Fsp3) is 0.542. The van der Waals surface area contributed by atoms with E-state index in [0.29, 0.717) is 19.8 Å². The van der Waals surface area contributed by atoms with E-state index < -0.39 is 5.97 Å². The molecule has 2 aliphatic heterocycles. The zero-order valence-corrected chi connectivity index (χ0v) is 18.1. The number of hydrogen-bond acceptors (Lipinski definition) is 5. The standard InChI is InChI=1S/C24H29NO4S/c26-23(27)5-8-25-9-6-24(7-10-25)16-29-22-13-19(3-4-21(22)24)28-14-20-12-18(15-30-20)11-17-1-2-17/h3-4,12-13,15,17H,1-2,5-11,14,16H2,(H,26,27). The number of carboxylic acid groups (broad SMARTS) is 1. The molecule has 1 aromatic heterocycles. The van der Waals surface area contributed by atoms with Gasteiger partial charge in [0, 0.05) is 28.5 Å². The highest BCUT2D eigenvalue weighted by Gasteiger charge is 2.43. The molecule has 5 nitrogen and oxygen atoms in total. The number of piperidine rings is 1. The van der Waals surface area contributed by atoms with Gasteiger partial charge >= 0.3 is 5.97 Å². The minimum atomic E-state index is -0.723. The molecule has 3 aliphatic rings. The van der Waals surface area contributed by atoms with Gasteiger partial charge in [-0.3, -0.25) is 4.79 Å². The molecule has 0 bridgehead atoms. The Bertz CT molecular complexity index is 912. The first-order valence-electron chi connectivity index (χ1n) is 11.0. The van der Waals surface area contributed by atoms with Crippen molar-refractivity contribution < 1.29 is 19.4 Å². The molecule has 6 heteroatoms. The van der Waals surface area contributed by atoms with Gasteiger partial charge in [-0.05, 0) is 74.2 Å². The fourth-order valence-electron chi connectivity index (χ4n) is 4.73. The van der Waals surface area contributed by atoms with Crippen molar-refractivity contribution in [1.29, 1.82) is 0 Å². The number of fused-ring (bicyclic) bond motifs is 2. The summed E-state index contributed by atoms with van der Waals surface area (Å²) < 4.78 is 12.1. The van der Waals surface area contributed by atoms with Gasteiger partial charge < -0.3 is 19.5 Å². The van der Waals surface area contributed by atoms with Crippen LogP contribution in [0.4, 0.5) is 0 Å². The van der Waals surface area contributed by atoms with Gasteiger partial charge in [0.25, 0.3) is 0 Å². The van der Waals surface area contributed by atoms with Crippen LogP contribution in [0.15, 0.2) is 29.6 Å². The second kappa shape index (κ2) is 8.23. The Morgan fingerprint density at radius 2 is 2.10 bits per heavy atom. The zero-order valence-electron chi connectivity index (χ0n) is 17.3. The number of carboxylic acids is 1.